The van der Waals surface area contributed by atoms with Gasteiger partial charge in [0.1, 0.15) is 6.10 Å². The maximum atomic E-state index is 5.60. The fraction of sp³-hybridized carbons (Fsp3) is 0.867. The predicted molar refractivity (Wildman–Crippen MR) is 71.9 cm³/mol. The average molecular weight is 237 g/mol. The van der Waals surface area contributed by atoms with E-state index < -0.39 is 0 Å². The highest BCUT2D eigenvalue weighted by Gasteiger charge is 2.20. The van der Waals surface area contributed by atoms with Gasteiger partial charge in [-0.15, -0.1) is 0 Å². The molecule has 1 aliphatic carbocycles. The minimum Gasteiger partial charge on any atom is -0.497 e. The quantitative estimate of drug-likeness (QED) is 0.754. The van der Waals surface area contributed by atoms with E-state index in [2.05, 4.69) is 18.3 Å². The lowest BCUT2D eigenvalue weighted by Gasteiger charge is -2.27. The van der Waals surface area contributed by atoms with Crippen LogP contribution in [0.1, 0.15) is 58.3 Å². The molecule has 0 aromatic carbocycles. The lowest BCUT2D eigenvalue weighted by atomic mass is 9.93. The minimum atomic E-state index is 0.397. The van der Waals surface area contributed by atoms with Crippen molar-refractivity contribution in [3.8, 4) is 0 Å². The van der Waals surface area contributed by atoms with Crippen LogP contribution < -0.4 is 5.32 Å². The van der Waals surface area contributed by atoms with Crippen molar-refractivity contribution in [2.45, 2.75) is 70.4 Å². The molecule has 1 N–H and O–H groups in total. The van der Waals surface area contributed by atoms with Crippen LogP contribution in [0.3, 0.4) is 0 Å². The number of allylic oxidation sites excluding steroid dienone is 1. The van der Waals surface area contributed by atoms with Gasteiger partial charge in [-0.05, 0) is 44.6 Å². The summed E-state index contributed by atoms with van der Waals surface area (Å²) in [5.41, 5.74) is 0. The maximum Gasteiger partial charge on any atom is 0.110 e. The molecule has 0 bridgehead atoms. The van der Waals surface area contributed by atoms with Gasteiger partial charge >= 0.3 is 0 Å². The molecule has 0 amide bonds. The van der Waals surface area contributed by atoms with Gasteiger partial charge in [-0.1, -0.05) is 25.7 Å². The third-order valence-corrected chi connectivity index (χ3v) is 4.30. The first-order valence-corrected chi connectivity index (χ1v) is 7.40. The molecule has 1 fully saturated rings. The van der Waals surface area contributed by atoms with Crippen LogP contribution >= 0.6 is 0 Å². The highest BCUT2D eigenvalue weighted by atomic mass is 16.5. The Balaban J connectivity index is 1.68. The van der Waals surface area contributed by atoms with Gasteiger partial charge < -0.3 is 10.1 Å². The fourth-order valence-corrected chi connectivity index (χ4v) is 3.03. The van der Waals surface area contributed by atoms with Crippen molar-refractivity contribution < 1.29 is 4.74 Å². The first-order chi connectivity index (χ1) is 8.36. The highest BCUT2D eigenvalue weighted by Crippen LogP contribution is 2.25. The molecule has 98 valence electrons. The molecule has 2 heteroatoms. The van der Waals surface area contributed by atoms with Crippen molar-refractivity contribution in [2.75, 3.05) is 6.54 Å². The molecule has 0 spiro atoms. The second kappa shape index (κ2) is 7.05. The Morgan fingerprint density at radius 3 is 2.59 bits per heavy atom. The Kier molecular flexibility index (Phi) is 5.37. The fourth-order valence-electron chi connectivity index (χ4n) is 3.03. The average Bonchev–Trinajstić information content (AvgIpc) is 2.66. The smallest absolute Gasteiger partial charge is 0.110 e. The molecule has 1 saturated carbocycles. The summed E-state index contributed by atoms with van der Waals surface area (Å²) in [6, 6.07) is 0.655. The summed E-state index contributed by atoms with van der Waals surface area (Å²) in [6.45, 7) is 3.37. The van der Waals surface area contributed by atoms with E-state index in [4.69, 9.17) is 4.74 Å². The van der Waals surface area contributed by atoms with Crippen molar-refractivity contribution in [3.05, 3.63) is 12.3 Å². The van der Waals surface area contributed by atoms with E-state index in [-0.39, 0.29) is 0 Å². The molecule has 0 radical (unpaired) electrons. The van der Waals surface area contributed by atoms with E-state index in [0.29, 0.717) is 12.1 Å². The van der Waals surface area contributed by atoms with E-state index in [9.17, 15) is 0 Å². The van der Waals surface area contributed by atoms with Gasteiger partial charge in [-0.2, -0.15) is 0 Å². The molecule has 1 aliphatic heterocycles. The maximum absolute atomic E-state index is 5.60. The normalized spacial score (nSPS) is 28.4. The third-order valence-electron chi connectivity index (χ3n) is 4.30. The summed E-state index contributed by atoms with van der Waals surface area (Å²) in [7, 11) is 0. The van der Waals surface area contributed by atoms with Gasteiger partial charge in [0.2, 0.25) is 0 Å². The molecule has 17 heavy (non-hydrogen) atoms. The Hall–Kier alpha value is -0.500. The highest BCUT2D eigenvalue weighted by molar-refractivity contribution is 4.84. The Morgan fingerprint density at radius 2 is 1.94 bits per heavy atom. The van der Waals surface area contributed by atoms with Crippen LogP contribution in [0.15, 0.2) is 12.3 Å². The Morgan fingerprint density at radius 1 is 1.18 bits per heavy atom. The molecule has 1 unspecified atom stereocenters. The Bertz CT molecular complexity index is 231. The minimum absolute atomic E-state index is 0.397. The molecule has 1 heterocycles. The summed E-state index contributed by atoms with van der Waals surface area (Å²) >= 11 is 0. The zero-order chi connectivity index (χ0) is 11.9. The van der Waals surface area contributed by atoms with Gasteiger partial charge in [0.15, 0.2) is 0 Å². The van der Waals surface area contributed by atoms with Crippen LogP contribution in [-0.2, 0) is 4.74 Å². The first-order valence-electron chi connectivity index (χ1n) is 7.40. The van der Waals surface area contributed by atoms with E-state index in [1.807, 2.05) is 6.26 Å². The molecule has 2 rings (SSSR count). The number of rotatable bonds is 4. The molecule has 0 saturated heterocycles. The van der Waals surface area contributed by atoms with E-state index in [1.165, 1.54) is 51.4 Å². The molecule has 0 aromatic rings. The van der Waals surface area contributed by atoms with Crippen molar-refractivity contribution in [1.29, 1.82) is 0 Å². The summed E-state index contributed by atoms with van der Waals surface area (Å²) in [5, 5.41) is 3.69. The Labute approximate surface area is 106 Å². The van der Waals surface area contributed by atoms with Gasteiger partial charge in [-0.3, -0.25) is 0 Å². The molecule has 2 nitrogen and oxygen atoms in total. The number of nitrogens with one attached hydrogen (secondary N) is 1. The number of ether oxygens (including phenoxy) is 1. The van der Waals surface area contributed by atoms with Gasteiger partial charge in [0.25, 0.3) is 0 Å². The van der Waals surface area contributed by atoms with E-state index in [0.717, 1.165) is 12.5 Å². The number of hydrogen-bond donors (Lipinski definition) is 1. The molecular formula is C15H27NO. The van der Waals surface area contributed by atoms with E-state index in [1.54, 1.807) is 0 Å². The lowest BCUT2D eigenvalue weighted by Crippen LogP contribution is -2.39. The topological polar surface area (TPSA) is 21.3 Å². The van der Waals surface area contributed by atoms with Crippen molar-refractivity contribution in [3.63, 3.8) is 0 Å². The third kappa shape index (κ3) is 4.34. The standard InChI is InChI=1S/C15H27NO/c1-13(14-8-4-2-3-5-9-14)16-12-15-10-6-7-11-17-15/h7,11,13-16H,2-6,8-10,12H2,1H3/t13-,15?/m1/s1. The SMILES string of the molecule is C[C@@H](NCC1CCC=CO1)C1CCCCCC1. The van der Waals surface area contributed by atoms with Crippen LogP contribution in [0, 0.1) is 5.92 Å². The van der Waals surface area contributed by atoms with Crippen LogP contribution in [0.25, 0.3) is 0 Å². The van der Waals surface area contributed by atoms with Gasteiger partial charge in [0, 0.05) is 12.6 Å². The summed E-state index contributed by atoms with van der Waals surface area (Å²) in [6.07, 6.45) is 15.3. The van der Waals surface area contributed by atoms with Gasteiger partial charge in [0.05, 0.1) is 6.26 Å². The zero-order valence-electron chi connectivity index (χ0n) is 11.2. The second-order valence-electron chi connectivity index (χ2n) is 5.66. The summed E-state index contributed by atoms with van der Waals surface area (Å²) in [5.74, 6) is 0.886. The van der Waals surface area contributed by atoms with Crippen LogP contribution in [0.4, 0.5) is 0 Å². The van der Waals surface area contributed by atoms with Crippen molar-refractivity contribution in [2.24, 2.45) is 5.92 Å². The van der Waals surface area contributed by atoms with Crippen molar-refractivity contribution in [1.82, 2.24) is 5.32 Å². The van der Waals surface area contributed by atoms with Crippen LogP contribution in [-0.4, -0.2) is 18.7 Å². The number of hydrogen-bond acceptors (Lipinski definition) is 2. The largest absolute Gasteiger partial charge is 0.497 e. The molecular weight excluding hydrogens is 210 g/mol. The first kappa shape index (κ1) is 12.9. The van der Waals surface area contributed by atoms with Gasteiger partial charge in [-0.25, -0.2) is 0 Å². The summed E-state index contributed by atoms with van der Waals surface area (Å²) < 4.78 is 5.60. The lowest BCUT2D eigenvalue weighted by molar-refractivity contribution is 0.116. The molecule has 0 aromatic heterocycles. The van der Waals surface area contributed by atoms with E-state index >= 15 is 0 Å². The van der Waals surface area contributed by atoms with Crippen LogP contribution in [0.2, 0.25) is 0 Å². The van der Waals surface area contributed by atoms with Crippen molar-refractivity contribution >= 4 is 0 Å². The summed E-state index contributed by atoms with van der Waals surface area (Å²) in [4.78, 5) is 0. The monoisotopic (exact) mass is 237 g/mol. The molecule has 2 atom stereocenters. The molecule has 2 aliphatic rings. The van der Waals surface area contributed by atoms with Crippen LogP contribution in [0.5, 0.6) is 0 Å². The second-order valence-corrected chi connectivity index (χ2v) is 5.66. The predicted octanol–water partition coefficient (Wildman–Crippen LogP) is 3.63. The zero-order valence-corrected chi connectivity index (χ0v) is 11.2.